The third kappa shape index (κ3) is 5.53. The fourth-order valence-electron chi connectivity index (χ4n) is 1.53. The van der Waals surface area contributed by atoms with Gasteiger partial charge in [0.15, 0.2) is 0 Å². The zero-order valence-electron chi connectivity index (χ0n) is 11.1. The minimum atomic E-state index is -0.267. The third-order valence-electron chi connectivity index (χ3n) is 2.78. The van der Waals surface area contributed by atoms with Crippen molar-refractivity contribution in [2.24, 2.45) is 10.9 Å². The van der Waals surface area contributed by atoms with Gasteiger partial charge in [0.05, 0.1) is 6.04 Å². The fraction of sp³-hybridized carbons (Fsp3) is 0.818. The van der Waals surface area contributed by atoms with Crippen LogP contribution in [-0.4, -0.2) is 47.5 Å². The topological polar surface area (TPSA) is 91.0 Å². The van der Waals surface area contributed by atoms with Crippen molar-refractivity contribution in [3.8, 4) is 0 Å². The van der Waals surface area contributed by atoms with Crippen molar-refractivity contribution in [2.75, 3.05) is 13.6 Å². The van der Waals surface area contributed by atoms with Crippen molar-refractivity contribution in [1.29, 1.82) is 0 Å². The second kappa shape index (κ2) is 7.89. The summed E-state index contributed by atoms with van der Waals surface area (Å²) in [6, 6.07) is -0.230. The largest absolute Gasteiger partial charge is 0.409 e. The highest BCUT2D eigenvalue weighted by Crippen LogP contribution is 2.01. The SMILES string of the molecule is CCC(CC(N)=NO)NC(C)C(=O)N(C)CC. The Balaban J connectivity index is 4.32. The van der Waals surface area contributed by atoms with Crippen LogP contribution in [0.5, 0.6) is 0 Å². The number of amidine groups is 1. The normalized spacial score (nSPS) is 15.4. The van der Waals surface area contributed by atoms with Crippen LogP contribution in [-0.2, 0) is 4.79 Å². The van der Waals surface area contributed by atoms with Crippen molar-refractivity contribution in [2.45, 2.75) is 45.7 Å². The maximum absolute atomic E-state index is 11.8. The first-order valence-electron chi connectivity index (χ1n) is 5.93. The summed E-state index contributed by atoms with van der Waals surface area (Å²) in [5.74, 6) is 0.221. The summed E-state index contributed by atoms with van der Waals surface area (Å²) in [6.45, 7) is 6.42. The summed E-state index contributed by atoms with van der Waals surface area (Å²) < 4.78 is 0. The summed E-state index contributed by atoms with van der Waals surface area (Å²) in [5, 5.41) is 14.6. The quantitative estimate of drug-likeness (QED) is 0.261. The number of rotatable bonds is 7. The lowest BCUT2D eigenvalue weighted by molar-refractivity contribution is -0.131. The first kappa shape index (κ1) is 15.7. The zero-order valence-corrected chi connectivity index (χ0v) is 11.1. The van der Waals surface area contributed by atoms with Gasteiger partial charge >= 0.3 is 0 Å². The van der Waals surface area contributed by atoms with Gasteiger partial charge in [-0.15, -0.1) is 0 Å². The number of hydrogen-bond donors (Lipinski definition) is 3. The number of carbonyl (C=O) groups excluding carboxylic acids is 1. The maximum Gasteiger partial charge on any atom is 0.239 e. The first-order chi connectivity index (χ1) is 7.96. The van der Waals surface area contributed by atoms with E-state index >= 15 is 0 Å². The van der Waals surface area contributed by atoms with E-state index in [2.05, 4.69) is 10.5 Å². The van der Waals surface area contributed by atoms with Crippen LogP contribution in [0.3, 0.4) is 0 Å². The molecule has 0 aliphatic heterocycles. The highest BCUT2D eigenvalue weighted by Gasteiger charge is 2.19. The number of amides is 1. The van der Waals surface area contributed by atoms with Gasteiger partial charge in [-0.25, -0.2) is 0 Å². The van der Waals surface area contributed by atoms with Gasteiger partial charge in [-0.3, -0.25) is 4.79 Å². The molecule has 0 aliphatic rings. The van der Waals surface area contributed by atoms with E-state index in [9.17, 15) is 4.79 Å². The van der Waals surface area contributed by atoms with Crippen LogP contribution in [0, 0.1) is 0 Å². The molecular formula is C11H24N4O2. The molecule has 0 fully saturated rings. The Bertz CT molecular complexity index is 268. The summed E-state index contributed by atoms with van der Waals surface area (Å²) in [6.07, 6.45) is 1.24. The van der Waals surface area contributed by atoms with Crippen molar-refractivity contribution in [3.05, 3.63) is 0 Å². The van der Waals surface area contributed by atoms with E-state index in [1.54, 1.807) is 11.9 Å². The minimum absolute atomic E-state index is 0.0371. The molecule has 0 bridgehead atoms. The van der Waals surface area contributed by atoms with Crippen LogP contribution >= 0.6 is 0 Å². The van der Waals surface area contributed by atoms with Crippen molar-refractivity contribution in [1.82, 2.24) is 10.2 Å². The number of nitrogens with two attached hydrogens (primary N) is 1. The molecule has 0 heterocycles. The van der Waals surface area contributed by atoms with Crippen LogP contribution < -0.4 is 11.1 Å². The second-order valence-electron chi connectivity index (χ2n) is 4.14. The third-order valence-corrected chi connectivity index (χ3v) is 2.78. The van der Waals surface area contributed by atoms with Gasteiger partial charge in [0.1, 0.15) is 5.84 Å². The molecule has 4 N–H and O–H groups in total. The highest BCUT2D eigenvalue weighted by atomic mass is 16.4. The molecule has 2 unspecified atom stereocenters. The lowest BCUT2D eigenvalue weighted by Crippen LogP contribution is -2.48. The van der Waals surface area contributed by atoms with E-state index in [1.807, 2.05) is 20.8 Å². The number of hydrogen-bond acceptors (Lipinski definition) is 4. The molecule has 6 nitrogen and oxygen atoms in total. The van der Waals surface area contributed by atoms with Gasteiger partial charge in [-0.05, 0) is 20.3 Å². The molecule has 0 aromatic heterocycles. The molecule has 0 spiro atoms. The van der Waals surface area contributed by atoms with Gasteiger partial charge in [0, 0.05) is 26.1 Å². The first-order valence-corrected chi connectivity index (χ1v) is 5.93. The molecule has 0 rings (SSSR count). The smallest absolute Gasteiger partial charge is 0.239 e. The molecule has 0 saturated heterocycles. The average Bonchev–Trinajstić information content (AvgIpc) is 2.35. The van der Waals surface area contributed by atoms with Gasteiger partial charge < -0.3 is 21.2 Å². The Morgan fingerprint density at radius 1 is 1.53 bits per heavy atom. The van der Waals surface area contributed by atoms with Crippen LogP contribution in [0.2, 0.25) is 0 Å². The summed E-state index contributed by atoms with van der Waals surface area (Å²) in [7, 11) is 1.77. The molecule has 0 aromatic carbocycles. The van der Waals surface area contributed by atoms with Gasteiger partial charge in [0.25, 0.3) is 0 Å². The van der Waals surface area contributed by atoms with Gasteiger partial charge in [0.2, 0.25) is 5.91 Å². The van der Waals surface area contributed by atoms with E-state index in [-0.39, 0.29) is 23.8 Å². The molecule has 17 heavy (non-hydrogen) atoms. The summed E-state index contributed by atoms with van der Waals surface area (Å²) in [5.41, 5.74) is 5.45. The lowest BCUT2D eigenvalue weighted by atomic mass is 10.1. The molecule has 100 valence electrons. The zero-order chi connectivity index (χ0) is 13.4. The molecular weight excluding hydrogens is 220 g/mol. The molecule has 0 aromatic rings. The van der Waals surface area contributed by atoms with E-state index < -0.39 is 0 Å². The van der Waals surface area contributed by atoms with Crippen LogP contribution in [0.15, 0.2) is 5.16 Å². The van der Waals surface area contributed by atoms with Gasteiger partial charge in [-0.1, -0.05) is 12.1 Å². The molecule has 2 atom stereocenters. The Morgan fingerprint density at radius 2 is 2.12 bits per heavy atom. The summed E-state index contributed by atoms with van der Waals surface area (Å²) in [4.78, 5) is 13.5. The standard InChI is InChI=1S/C11H24N4O2/c1-5-9(7-10(12)14-17)13-8(3)11(16)15(4)6-2/h8-9,13,17H,5-7H2,1-4H3,(H2,12,14). The van der Waals surface area contributed by atoms with Crippen LogP contribution in [0.1, 0.15) is 33.6 Å². The molecule has 1 amide bonds. The Labute approximate surface area is 103 Å². The predicted octanol–water partition coefficient (Wildman–Crippen LogP) is 0.358. The molecule has 0 aliphatic carbocycles. The van der Waals surface area contributed by atoms with Crippen LogP contribution in [0.25, 0.3) is 0 Å². The number of nitrogens with zero attached hydrogens (tertiary/aromatic N) is 2. The molecule has 0 saturated carbocycles. The number of nitrogens with one attached hydrogen (secondary N) is 1. The fourth-order valence-corrected chi connectivity index (χ4v) is 1.53. The summed E-state index contributed by atoms with van der Waals surface area (Å²) >= 11 is 0. The molecule has 0 radical (unpaired) electrons. The van der Waals surface area contributed by atoms with E-state index in [0.29, 0.717) is 13.0 Å². The van der Waals surface area contributed by atoms with E-state index in [0.717, 1.165) is 6.42 Å². The number of oxime groups is 1. The van der Waals surface area contributed by atoms with E-state index in [1.165, 1.54) is 0 Å². The van der Waals surface area contributed by atoms with Gasteiger partial charge in [-0.2, -0.15) is 0 Å². The van der Waals surface area contributed by atoms with Crippen molar-refractivity contribution in [3.63, 3.8) is 0 Å². The minimum Gasteiger partial charge on any atom is -0.409 e. The second-order valence-corrected chi connectivity index (χ2v) is 4.14. The lowest BCUT2D eigenvalue weighted by Gasteiger charge is -2.24. The molecule has 6 heteroatoms. The van der Waals surface area contributed by atoms with Crippen LogP contribution in [0.4, 0.5) is 0 Å². The number of likely N-dealkylation sites (N-methyl/N-ethyl adjacent to an activating group) is 1. The van der Waals surface area contributed by atoms with Crippen molar-refractivity contribution >= 4 is 11.7 Å². The maximum atomic E-state index is 11.8. The average molecular weight is 244 g/mol. The van der Waals surface area contributed by atoms with E-state index in [4.69, 9.17) is 10.9 Å². The highest BCUT2D eigenvalue weighted by molar-refractivity contribution is 5.82. The monoisotopic (exact) mass is 244 g/mol. The Kier molecular flexibility index (Phi) is 7.29. The van der Waals surface area contributed by atoms with Crippen molar-refractivity contribution < 1.29 is 10.0 Å². The number of carbonyl (C=O) groups is 1. The predicted molar refractivity (Wildman–Crippen MR) is 68.0 cm³/mol. The Hall–Kier alpha value is -1.30. The Morgan fingerprint density at radius 3 is 2.53 bits per heavy atom.